The van der Waals surface area contributed by atoms with E-state index in [1.807, 2.05) is 36.4 Å². The lowest BCUT2D eigenvalue weighted by molar-refractivity contribution is -0.123. The van der Waals surface area contributed by atoms with Crippen molar-refractivity contribution in [3.8, 4) is 17.2 Å². The lowest BCUT2D eigenvalue weighted by Crippen LogP contribution is -2.28. The second-order valence-corrected chi connectivity index (χ2v) is 5.58. The number of rotatable bonds is 7. The fourth-order valence-electron chi connectivity index (χ4n) is 2.25. The average molecular weight is 351 g/mol. The molecule has 0 saturated carbocycles. The van der Waals surface area contributed by atoms with Crippen LogP contribution >= 0.6 is 0 Å². The summed E-state index contributed by atoms with van der Waals surface area (Å²) < 4.78 is 24.1. The van der Waals surface area contributed by atoms with E-state index < -0.39 is 0 Å². The number of para-hydroxylation sites is 1. The van der Waals surface area contributed by atoms with Crippen LogP contribution in [-0.4, -0.2) is 12.5 Å². The molecule has 0 saturated heterocycles. The lowest BCUT2D eigenvalue weighted by Gasteiger charge is -2.10. The maximum atomic E-state index is 12.8. The molecule has 132 valence electrons. The number of amides is 1. The number of halogens is 1. The largest absolute Gasteiger partial charge is 0.484 e. The quantitative estimate of drug-likeness (QED) is 0.690. The molecular weight excluding hydrogens is 333 g/mol. The van der Waals surface area contributed by atoms with Crippen molar-refractivity contribution >= 4 is 5.91 Å². The molecule has 3 aromatic rings. The van der Waals surface area contributed by atoms with Gasteiger partial charge in [0.05, 0.1) is 0 Å². The first-order chi connectivity index (χ1) is 12.7. The highest BCUT2D eigenvalue weighted by molar-refractivity contribution is 5.77. The van der Waals surface area contributed by atoms with E-state index >= 15 is 0 Å². The van der Waals surface area contributed by atoms with Gasteiger partial charge in [-0.2, -0.15) is 0 Å². The molecule has 1 N–H and O–H groups in total. The van der Waals surface area contributed by atoms with Crippen LogP contribution in [0.5, 0.6) is 17.2 Å². The average Bonchev–Trinajstić information content (AvgIpc) is 2.67. The van der Waals surface area contributed by atoms with Gasteiger partial charge in [0.25, 0.3) is 5.91 Å². The Bertz CT molecular complexity index is 851. The maximum Gasteiger partial charge on any atom is 0.258 e. The van der Waals surface area contributed by atoms with Gasteiger partial charge >= 0.3 is 0 Å². The highest BCUT2D eigenvalue weighted by Crippen LogP contribution is 2.24. The molecule has 0 unspecified atom stereocenters. The van der Waals surface area contributed by atoms with Crippen molar-refractivity contribution < 1.29 is 18.7 Å². The van der Waals surface area contributed by atoms with Crippen molar-refractivity contribution in [1.82, 2.24) is 5.32 Å². The summed E-state index contributed by atoms with van der Waals surface area (Å²) in [7, 11) is 0. The SMILES string of the molecule is O=C(COc1cccc(Oc2ccccc2)c1)NCc1ccc(F)cc1. The zero-order chi connectivity index (χ0) is 18.2. The molecule has 26 heavy (non-hydrogen) atoms. The Labute approximate surface area is 151 Å². The van der Waals surface area contributed by atoms with E-state index in [0.717, 1.165) is 11.3 Å². The van der Waals surface area contributed by atoms with E-state index in [2.05, 4.69) is 5.32 Å². The van der Waals surface area contributed by atoms with E-state index in [4.69, 9.17) is 9.47 Å². The first-order valence-electron chi connectivity index (χ1n) is 8.16. The van der Waals surface area contributed by atoms with Gasteiger partial charge in [-0.05, 0) is 42.0 Å². The molecule has 0 aliphatic rings. The van der Waals surface area contributed by atoms with Crippen LogP contribution in [0.2, 0.25) is 0 Å². The standard InChI is InChI=1S/C21H18FNO3/c22-17-11-9-16(10-12-17)14-23-21(24)15-25-19-7-4-8-20(13-19)26-18-5-2-1-3-6-18/h1-13H,14-15H2,(H,23,24). The van der Waals surface area contributed by atoms with Gasteiger partial charge in [0.1, 0.15) is 23.1 Å². The van der Waals surface area contributed by atoms with Crippen molar-refractivity contribution in [3.05, 3.63) is 90.2 Å². The third kappa shape index (κ3) is 5.34. The smallest absolute Gasteiger partial charge is 0.258 e. The molecule has 0 bridgehead atoms. The van der Waals surface area contributed by atoms with Crippen molar-refractivity contribution in [2.24, 2.45) is 0 Å². The van der Waals surface area contributed by atoms with Crippen LogP contribution in [0.4, 0.5) is 4.39 Å². The third-order valence-corrected chi connectivity index (χ3v) is 3.56. The first kappa shape index (κ1) is 17.5. The molecule has 0 atom stereocenters. The van der Waals surface area contributed by atoms with Gasteiger partial charge in [-0.1, -0.05) is 36.4 Å². The molecule has 4 nitrogen and oxygen atoms in total. The molecule has 0 aromatic heterocycles. The van der Waals surface area contributed by atoms with E-state index in [1.165, 1.54) is 12.1 Å². The van der Waals surface area contributed by atoms with Crippen LogP contribution in [-0.2, 0) is 11.3 Å². The van der Waals surface area contributed by atoms with Crippen LogP contribution in [0.3, 0.4) is 0 Å². The fraction of sp³-hybridized carbons (Fsp3) is 0.0952. The second kappa shape index (κ2) is 8.67. The normalized spacial score (nSPS) is 10.2. The predicted molar refractivity (Wildman–Crippen MR) is 96.7 cm³/mol. The Hall–Kier alpha value is -3.34. The molecule has 0 aliphatic carbocycles. The van der Waals surface area contributed by atoms with E-state index in [-0.39, 0.29) is 18.3 Å². The number of ether oxygens (including phenoxy) is 2. The Balaban J connectivity index is 1.48. The number of carbonyl (C=O) groups is 1. The molecule has 0 radical (unpaired) electrons. The first-order valence-corrected chi connectivity index (χ1v) is 8.16. The van der Waals surface area contributed by atoms with Crippen LogP contribution in [0, 0.1) is 5.82 Å². The minimum Gasteiger partial charge on any atom is -0.484 e. The minimum atomic E-state index is -0.305. The zero-order valence-corrected chi connectivity index (χ0v) is 14.0. The molecule has 0 heterocycles. The minimum absolute atomic E-state index is 0.115. The lowest BCUT2D eigenvalue weighted by atomic mass is 10.2. The second-order valence-electron chi connectivity index (χ2n) is 5.58. The van der Waals surface area contributed by atoms with Crippen LogP contribution in [0.25, 0.3) is 0 Å². The topological polar surface area (TPSA) is 47.6 Å². The molecule has 5 heteroatoms. The zero-order valence-electron chi connectivity index (χ0n) is 14.0. The van der Waals surface area contributed by atoms with Gasteiger partial charge in [0.15, 0.2) is 6.61 Å². The van der Waals surface area contributed by atoms with Gasteiger partial charge in [0.2, 0.25) is 0 Å². The molecule has 0 fully saturated rings. The van der Waals surface area contributed by atoms with Crippen molar-refractivity contribution in [2.75, 3.05) is 6.61 Å². The summed E-state index contributed by atoms with van der Waals surface area (Å²) in [5, 5.41) is 2.73. The fourth-order valence-corrected chi connectivity index (χ4v) is 2.25. The summed E-state index contributed by atoms with van der Waals surface area (Å²) in [4.78, 5) is 11.9. The van der Waals surface area contributed by atoms with E-state index in [1.54, 1.807) is 30.3 Å². The number of carbonyl (C=O) groups excluding carboxylic acids is 1. The number of hydrogen-bond acceptors (Lipinski definition) is 3. The highest BCUT2D eigenvalue weighted by atomic mass is 19.1. The molecular formula is C21H18FNO3. The summed E-state index contributed by atoms with van der Waals surface area (Å²) in [6.45, 7) is 0.204. The Morgan fingerprint density at radius 2 is 1.54 bits per heavy atom. The monoisotopic (exact) mass is 351 g/mol. The Morgan fingerprint density at radius 1 is 0.846 bits per heavy atom. The maximum absolute atomic E-state index is 12.8. The van der Waals surface area contributed by atoms with Gasteiger partial charge in [-0.3, -0.25) is 4.79 Å². The Morgan fingerprint density at radius 3 is 2.31 bits per heavy atom. The van der Waals surface area contributed by atoms with Gasteiger partial charge in [-0.25, -0.2) is 4.39 Å². The van der Waals surface area contributed by atoms with Crippen molar-refractivity contribution in [1.29, 1.82) is 0 Å². The van der Waals surface area contributed by atoms with Crippen molar-refractivity contribution in [2.45, 2.75) is 6.54 Å². The highest BCUT2D eigenvalue weighted by Gasteiger charge is 2.05. The van der Waals surface area contributed by atoms with Gasteiger partial charge in [0, 0.05) is 12.6 Å². The molecule has 0 aliphatic heterocycles. The van der Waals surface area contributed by atoms with Crippen LogP contribution < -0.4 is 14.8 Å². The van der Waals surface area contributed by atoms with Crippen molar-refractivity contribution in [3.63, 3.8) is 0 Å². The predicted octanol–water partition coefficient (Wildman–Crippen LogP) is 4.31. The third-order valence-electron chi connectivity index (χ3n) is 3.56. The molecule has 1 amide bonds. The molecule has 0 spiro atoms. The number of hydrogen-bond donors (Lipinski definition) is 1. The number of benzene rings is 3. The molecule has 3 rings (SSSR count). The van der Waals surface area contributed by atoms with Gasteiger partial charge < -0.3 is 14.8 Å². The summed E-state index contributed by atoms with van der Waals surface area (Å²) in [6, 6.07) is 22.5. The Kier molecular flexibility index (Phi) is 5.83. The van der Waals surface area contributed by atoms with E-state index in [0.29, 0.717) is 18.0 Å². The summed E-state index contributed by atoms with van der Waals surface area (Å²) >= 11 is 0. The summed E-state index contributed by atoms with van der Waals surface area (Å²) in [5.41, 5.74) is 0.818. The van der Waals surface area contributed by atoms with Gasteiger partial charge in [-0.15, -0.1) is 0 Å². The summed E-state index contributed by atoms with van der Waals surface area (Å²) in [5.74, 6) is 1.32. The molecule has 3 aromatic carbocycles. The summed E-state index contributed by atoms with van der Waals surface area (Å²) in [6.07, 6.45) is 0. The van der Waals surface area contributed by atoms with E-state index in [9.17, 15) is 9.18 Å². The van der Waals surface area contributed by atoms with Crippen LogP contribution in [0.15, 0.2) is 78.9 Å². The number of nitrogens with one attached hydrogen (secondary N) is 1. The van der Waals surface area contributed by atoms with Crippen LogP contribution in [0.1, 0.15) is 5.56 Å².